The molecule has 1 aromatic heterocycles. The van der Waals surface area contributed by atoms with Crippen LogP contribution in [0.1, 0.15) is 22.2 Å². The standard InChI is InChI=1S/C17H14BrNO4S/c1-11(20)19-13(9-12-5-3-2-4-6-12)17(22)23-10-14(21)15-7-8-16(18)24-15/h2-9H,10H2,1H3,(H,19,20). The summed E-state index contributed by atoms with van der Waals surface area (Å²) in [5, 5.41) is 2.43. The first-order valence-electron chi connectivity index (χ1n) is 6.95. The van der Waals surface area contributed by atoms with Gasteiger partial charge in [-0.1, -0.05) is 30.3 Å². The van der Waals surface area contributed by atoms with Crippen LogP contribution in [0.4, 0.5) is 0 Å². The highest BCUT2D eigenvalue weighted by molar-refractivity contribution is 9.11. The summed E-state index contributed by atoms with van der Waals surface area (Å²) in [5.41, 5.74) is 0.709. The second-order valence-electron chi connectivity index (χ2n) is 4.75. The first kappa shape index (κ1) is 18.1. The Hall–Kier alpha value is -2.25. The Morgan fingerprint density at radius 3 is 2.46 bits per heavy atom. The highest BCUT2D eigenvalue weighted by Crippen LogP contribution is 2.22. The number of hydrogen-bond donors (Lipinski definition) is 1. The zero-order chi connectivity index (χ0) is 17.5. The Morgan fingerprint density at radius 1 is 1.17 bits per heavy atom. The Bertz CT molecular complexity index is 783. The van der Waals surface area contributed by atoms with Gasteiger partial charge >= 0.3 is 5.97 Å². The van der Waals surface area contributed by atoms with Crippen LogP contribution in [-0.2, 0) is 14.3 Å². The second-order valence-corrected chi connectivity index (χ2v) is 7.22. The fourth-order valence-corrected chi connectivity index (χ4v) is 3.11. The Morgan fingerprint density at radius 2 is 1.88 bits per heavy atom. The largest absolute Gasteiger partial charge is 0.453 e. The molecule has 5 nitrogen and oxygen atoms in total. The smallest absolute Gasteiger partial charge is 0.355 e. The number of hydrogen-bond acceptors (Lipinski definition) is 5. The van der Waals surface area contributed by atoms with Crippen LogP contribution in [0.5, 0.6) is 0 Å². The maximum absolute atomic E-state index is 12.2. The third kappa shape index (κ3) is 5.43. The number of nitrogens with one attached hydrogen (secondary N) is 1. The van der Waals surface area contributed by atoms with Crippen LogP contribution in [0.2, 0.25) is 0 Å². The van der Waals surface area contributed by atoms with Crippen molar-refractivity contribution < 1.29 is 19.1 Å². The average Bonchev–Trinajstić information content (AvgIpc) is 2.99. The molecule has 1 aromatic carbocycles. The molecule has 0 aliphatic rings. The van der Waals surface area contributed by atoms with Crippen LogP contribution in [0, 0.1) is 0 Å². The molecular formula is C17H14BrNO4S. The molecule has 0 bridgehead atoms. The minimum absolute atomic E-state index is 0.0196. The first-order chi connectivity index (χ1) is 11.5. The number of esters is 1. The molecule has 0 atom stereocenters. The van der Waals surface area contributed by atoms with Crippen molar-refractivity contribution in [3.05, 3.63) is 62.4 Å². The second kappa shape index (κ2) is 8.56. The summed E-state index contributed by atoms with van der Waals surface area (Å²) in [5.74, 6) is -1.47. The summed E-state index contributed by atoms with van der Waals surface area (Å²) in [6.07, 6.45) is 1.50. The summed E-state index contributed by atoms with van der Waals surface area (Å²) < 4.78 is 5.84. The van der Waals surface area contributed by atoms with Crippen molar-refractivity contribution in [2.75, 3.05) is 6.61 Å². The topological polar surface area (TPSA) is 72.5 Å². The van der Waals surface area contributed by atoms with E-state index < -0.39 is 18.5 Å². The highest BCUT2D eigenvalue weighted by Gasteiger charge is 2.16. The number of amides is 1. The van der Waals surface area contributed by atoms with Crippen molar-refractivity contribution in [2.24, 2.45) is 0 Å². The molecule has 0 radical (unpaired) electrons. The van der Waals surface area contributed by atoms with Crippen molar-refractivity contribution in [1.82, 2.24) is 5.32 Å². The van der Waals surface area contributed by atoms with Crippen molar-refractivity contribution in [3.63, 3.8) is 0 Å². The fourth-order valence-electron chi connectivity index (χ4n) is 1.80. The van der Waals surface area contributed by atoms with Crippen molar-refractivity contribution in [3.8, 4) is 0 Å². The van der Waals surface area contributed by atoms with E-state index in [-0.39, 0.29) is 11.5 Å². The van der Waals surface area contributed by atoms with E-state index in [0.717, 1.165) is 9.35 Å². The van der Waals surface area contributed by atoms with E-state index >= 15 is 0 Å². The third-order valence-corrected chi connectivity index (χ3v) is 4.49. The van der Waals surface area contributed by atoms with E-state index in [0.29, 0.717) is 4.88 Å². The molecular weight excluding hydrogens is 394 g/mol. The van der Waals surface area contributed by atoms with Gasteiger partial charge in [0.25, 0.3) is 0 Å². The quantitative estimate of drug-likeness (QED) is 0.452. The fraction of sp³-hybridized carbons (Fsp3) is 0.118. The summed E-state index contributed by atoms with van der Waals surface area (Å²) in [4.78, 5) is 35.9. The number of carbonyl (C=O) groups is 3. The van der Waals surface area contributed by atoms with Crippen molar-refractivity contribution in [2.45, 2.75) is 6.92 Å². The lowest BCUT2D eigenvalue weighted by Gasteiger charge is -2.08. The molecule has 24 heavy (non-hydrogen) atoms. The van der Waals surface area contributed by atoms with Crippen LogP contribution in [0.25, 0.3) is 6.08 Å². The lowest BCUT2D eigenvalue weighted by molar-refractivity contribution is -0.139. The van der Waals surface area contributed by atoms with Crippen LogP contribution in [0.15, 0.2) is 51.9 Å². The van der Waals surface area contributed by atoms with Gasteiger partial charge in [0.05, 0.1) is 8.66 Å². The van der Waals surface area contributed by atoms with Gasteiger partial charge in [-0.25, -0.2) is 4.79 Å². The first-order valence-corrected chi connectivity index (χ1v) is 8.56. The number of carbonyl (C=O) groups excluding carboxylic acids is 3. The minimum atomic E-state index is -0.766. The van der Waals surface area contributed by atoms with Gasteiger partial charge in [0, 0.05) is 6.92 Å². The molecule has 1 amide bonds. The van der Waals surface area contributed by atoms with E-state index in [2.05, 4.69) is 21.2 Å². The van der Waals surface area contributed by atoms with Crippen LogP contribution in [0.3, 0.4) is 0 Å². The number of rotatable bonds is 6. The summed E-state index contributed by atoms with van der Waals surface area (Å²) in [6.45, 7) is 0.901. The highest BCUT2D eigenvalue weighted by atomic mass is 79.9. The molecule has 0 aliphatic heterocycles. The molecule has 2 aromatic rings. The maximum atomic E-state index is 12.2. The minimum Gasteiger partial charge on any atom is -0.453 e. The third-order valence-electron chi connectivity index (χ3n) is 2.82. The van der Waals surface area contributed by atoms with Gasteiger partial charge in [-0.3, -0.25) is 9.59 Å². The Labute approximate surface area is 151 Å². The molecule has 0 saturated heterocycles. The SMILES string of the molecule is CC(=O)NC(=Cc1ccccc1)C(=O)OCC(=O)c1ccc(Br)s1. The molecule has 0 fully saturated rings. The monoisotopic (exact) mass is 407 g/mol. The van der Waals surface area contributed by atoms with Gasteiger partial charge in [-0.2, -0.15) is 0 Å². The molecule has 124 valence electrons. The predicted molar refractivity (Wildman–Crippen MR) is 95.5 cm³/mol. The molecule has 1 N–H and O–H groups in total. The molecule has 0 unspecified atom stereocenters. The van der Waals surface area contributed by atoms with Crippen LogP contribution in [-0.4, -0.2) is 24.3 Å². The van der Waals surface area contributed by atoms with Crippen molar-refractivity contribution in [1.29, 1.82) is 0 Å². The van der Waals surface area contributed by atoms with Crippen molar-refractivity contribution >= 4 is 51.0 Å². The Balaban J connectivity index is 2.06. The molecule has 0 spiro atoms. The van der Waals surface area contributed by atoms with Gasteiger partial charge < -0.3 is 10.1 Å². The van der Waals surface area contributed by atoms with E-state index in [1.165, 1.54) is 24.3 Å². The molecule has 0 saturated carbocycles. The van der Waals surface area contributed by atoms with Gasteiger partial charge in [0.15, 0.2) is 6.61 Å². The lowest BCUT2D eigenvalue weighted by Crippen LogP contribution is -2.27. The molecule has 2 rings (SSSR count). The summed E-state index contributed by atoms with van der Waals surface area (Å²) >= 11 is 4.53. The Kier molecular flexibility index (Phi) is 6.45. The molecule has 0 aliphatic carbocycles. The zero-order valence-corrected chi connectivity index (χ0v) is 15.1. The number of Topliss-reactive ketones (excluding diaryl/α,β-unsaturated/α-hetero) is 1. The number of halogens is 1. The van der Waals surface area contributed by atoms with Crippen LogP contribution >= 0.6 is 27.3 Å². The van der Waals surface area contributed by atoms with E-state index in [9.17, 15) is 14.4 Å². The molecule has 7 heteroatoms. The zero-order valence-electron chi connectivity index (χ0n) is 12.7. The van der Waals surface area contributed by atoms with Gasteiger partial charge in [-0.15, -0.1) is 11.3 Å². The van der Waals surface area contributed by atoms with Gasteiger partial charge in [0.2, 0.25) is 11.7 Å². The maximum Gasteiger partial charge on any atom is 0.355 e. The van der Waals surface area contributed by atoms with E-state index in [1.54, 1.807) is 36.4 Å². The normalized spacial score (nSPS) is 11.0. The van der Waals surface area contributed by atoms with Gasteiger partial charge in [-0.05, 0) is 39.7 Å². The van der Waals surface area contributed by atoms with E-state index in [1.807, 2.05) is 6.07 Å². The number of ether oxygens (including phenoxy) is 1. The van der Waals surface area contributed by atoms with Gasteiger partial charge in [0.1, 0.15) is 5.70 Å². The number of ketones is 1. The summed E-state index contributed by atoms with van der Waals surface area (Å²) in [7, 11) is 0. The number of thiophene rings is 1. The predicted octanol–water partition coefficient (Wildman–Crippen LogP) is 3.41. The molecule has 1 heterocycles. The van der Waals surface area contributed by atoms with Crippen LogP contribution < -0.4 is 5.32 Å². The lowest BCUT2D eigenvalue weighted by atomic mass is 10.2. The number of benzene rings is 1. The average molecular weight is 408 g/mol. The summed E-state index contributed by atoms with van der Waals surface area (Å²) in [6, 6.07) is 12.4. The van der Waals surface area contributed by atoms with E-state index in [4.69, 9.17) is 4.74 Å².